The Hall–Kier alpha value is -0.810. The minimum absolute atomic E-state index is 0. The number of amides is 2. The van der Waals surface area contributed by atoms with Crippen LogP contribution in [0.15, 0.2) is 0 Å². The van der Waals surface area contributed by atoms with Crippen LogP contribution in [0.4, 0.5) is 0 Å². The molecule has 0 radical (unpaired) electrons. The number of likely N-dealkylation sites (N-methyl/N-ethyl adjacent to an activating group) is 2. The van der Waals surface area contributed by atoms with Crippen molar-refractivity contribution in [2.24, 2.45) is 11.1 Å². The molecule has 2 amide bonds. The van der Waals surface area contributed by atoms with Gasteiger partial charge >= 0.3 is 0 Å². The van der Waals surface area contributed by atoms with Crippen LogP contribution in [0.3, 0.4) is 0 Å². The average Bonchev–Trinajstić information content (AvgIpc) is 2.49. The summed E-state index contributed by atoms with van der Waals surface area (Å²) in [5, 5.41) is 0. The molecule has 1 fully saturated rings. The van der Waals surface area contributed by atoms with E-state index in [2.05, 4.69) is 0 Å². The van der Waals surface area contributed by atoms with Crippen molar-refractivity contribution in [3.8, 4) is 0 Å². The van der Waals surface area contributed by atoms with E-state index in [1.165, 1.54) is 6.42 Å². The van der Waals surface area contributed by atoms with Crippen LogP contribution in [-0.2, 0) is 9.59 Å². The second-order valence-corrected chi connectivity index (χ2v) is 6.26. The summed E-state index contributed by atoms with van der Waals surface area (Å²) in [4.78, 5) is 27.8. The highest BCUT2D eigenvalue weighted by molar-refractivity contribution is 5.85. The van der Waals surface area contributed by atoms with Crippen LogP contribution >= 0.6 is 12.4 Å². The molecule has 0 aromatic rings. The third kappa shape index (κ3) is 5.76. The number of nitrogens with two attached hydrogens (primary N) is 1. The number of hydrogen-bond acceptors (Lipinski definition) is 3. The fourth-order valence-corrected chi connectivity index (χ4v) is 3.18. The second kappa shape index (κ2) is 10.1. The van der Waals surface area contributed by atoms with Crippen molar-refractivity contribution in [2.45, 2.75) is 52.4 Å². The Balaban J connectivity index is 0.00000441. The van der Waals surface area contributed by atoms with E-state index in [0.29, 0.717) is 26.1 Å². The van der Waals surface area contributed by atoms with Crippen LogP contribution in [0.25, 0.3) is 0 Å². The van der Waals surface area contributed by atoms with E-state index in [9.17, 15) is 9.59 Å². The molecule has 22 heavy (non-hydrogen) atoms. The van der Waals surface area contributed by atoms with E-state index in [0.717, 1.165) is 25.7 Å². The molecule has 0 spiro atoms. The third-order valence-electron chi connectivity index (χ3n) is 4.79. The lowest BCUT2D eigenvalue weighted by Gasteiger charge is -2.36. The van der Waals surface area contributed by atoms with E-state index >= 15 is 0 Å². The van der Waals surface area contributed by atoms with Crippen LogP contribution in [0.1, 0.15) is 52.4 Å². The van der Waals surface area contributed by atoms with E-state index in [-0.39, 0.29) is 36.2 Å². The number of carbonyl (C=O) groups excluding carboxylic acids is 2. The van der Waals surface area contributed by atoms with Crippen LogP contribution in [-0.4, -0.2) is 54.8 Å². The first kappa shape index (κ1) is 21.2. The number of hydrogen-bond donors (Lipinski definition) is 1. The molecule has 0 bridgehead atoms. The van der Waals surface area contributed by atoms with E-state index in [1.807, 2.05) is 13.8 Å². The summed E-state index contributed by atoms with van der Waals surface area (Å²) >= 11 is 0. The molecule has 1 aliphatic carbocycles. The number of rotatable bonds is 7. The molecular formula is C16H32ClN3O2. The Morgan fingerprint density at radius 2 is 1.59 bits per heavy atom. The van der Waals surface area contributed by atoms with Crippen molar-refractivity contribution >= 4 is 24.2 Å². The van der Waals surface area contributed by atoms with E-state index in [1.54, 1.807) is 16.8 Å². The van der Waals surface area contributed by atoms with Gasteiger partial charge in [-0.3, -0.25) is 9.59 Å². The lowest BCUT2D eigenvalue weighted by atomic mass is 9.71. The topological polar surface area (TPSA) is 66.6 Å². The predicted molar refractivity (Wildman–Crippen MR) is 92.0 cm³/mol. The molecule has 1 rings (SSSR count). The van der Waals surface area contributed by atoms with Crippen LogP contribution < -0.4 is 5.73 Å². The van der Waals surface area contributed by atoms with Gasteiger partial charge in [0, 0.05) is 26.6 Å². The van der Waals surface area contributed by atoms with Crippen molar-refractivity contribution in [3.05, 3.63) is 0 Å². The molecule has 0 saturated heterocycles. The zero-order valence-corrected chi connectivity index (χ0v) is 15.1. The summed E-state index contributed by atoms with van der Waals surface area (Å²) in [5.41, 5.74) is 5.89. The van der Waals surface area contributed by atoms with Gasteiger partial charge in [0.15, 0.2) is 0 Å². The lowest BCUT2D eigenvalue weighted by Crippen LogP contribution is -2.44. The SMILES string of the molecule is CCN(CC)C(=O)CN(C)C(=O)CC1(CN)CCCCC1.Cl. The van der Waals surface area contributed by atoms with Gasteiger partial charge in [0.05, 0.1) is 6.54 Å². The summed E-state index contributed by atoms with van der Waals surface area (Å²) in [6.07, 6.45) is 6.11. The van der Waals surface area contributed by atoms with Gasteiger partial charge in [0.25, 0.3) is 0 Å². The van der Waals surface area contributed by atoms with Crippen LogP contribution in [0, 0.1) is 5.41 Å². The van der Waals surface area contributed by atoms with Crippen molar-refractivity contribution in [1.82, 2.24) is 9.80 Å². The smallest absolute Gasteiger partial charge is 0.242 e. The molecule has 1 saturated carbocycles. The first-order valence-electron chi connectivity index (χ1n) is 8.20. The summed E-state index contributed by atoms with van der Waals surface area (Å²) in [7, 11) is 1.72. The Kier molecular flexibility index (Phi) is 9.69. The van der Waals surface area contributed by atoms with Crippen molar-refractivity contribution < 1.29 is 9.59 Å². The molecule has 0 unspecified atom stereocenters. The fraction of sp³-hybridized carbons (Fsp3) is 0.875. The maximum atomic E-state index is 12.4. The summed E-state index contributed by atoms with van der Waals surface area (Å²) in [6.45, 7) is 6.01. The maximum Gasteiger partial charge on any atom is 0.242 e. The maximum absolute atomic E-state index is 12.4. The van der Waals surface area contributed by atoms with Crippen molar-refractivity contribution in [3.63, 3.8) is 0 Å². The third-order valence-corrected chi connectivity index (χ3v) is 4.79. The van der Waals surface area contributed by atoms with E-state index < -0.39 is 0 Å². The van der Waals surface area contributed by atoms with Gasteiger partial charge in [-0.15, -0.1) is 12.4 Å². The first-order chi connectivity index (χ1) is 9.98. The van der Waals surface area contributed by atoms with Gasteiger partial charge in [-0.1, -0.05) is 19.3 Å². The van der Waals surface area contributed by atoms with Gasteiger partial charge < -0.3 is 15.5 Å². The summed E-state index contributed by atoms with van der Waals surface area (Å²) < 4.78 is 0. The van der Waals surface area contributed by atoms with Crippen molar-refractivity contribution in [2.75, 3.05) is 33.2 Å². The molecule has 0 atom stereocenters. The fourth-order valence-electron chi connectivity index (χ4n) is 3.18. The highest BCUT2D eigenvalue weighted by atomic mass is 35.5. The quantitative estimate of drug-likeness (QED) is 0.775. The normalized spacial score (nSPS) is 16.5. The molecule has 0 heterocycles. The highest BCUT2D eigenvalue weighted by Crippen LogP contribution is 2.38. The zero-order chi connectivity index (χ0) is 15.9. The molecule has 6 heteroatoms. The van der Waals surface area contributed by atoms with Gasteiger partial charge in [-0.2, -0.15) is 0 Å². The van der Waals surface area contributed by atoms with Crippen LogP contribution in [0.5, 0.6) is 0 Å². The molecular weight excluding hydrogens is 302 g/mol. The largest absolute Gasteiger partial charge is 0.342 e. The van der Waals surface area contributed by atoms with Crippen LogP contribution in [0.2, 0.25) is 0 Å². The van der Waals surface area contributed by atoms with Gasteiger partial charge in [-0.05, 0) is 38.6 Å². The number of carbonyl (C=O) groups is 2. The minimum Gasteiger partial charge on any atom is -0.342 e. The van der Waals surface area contributed by atoms with Crippen molar-refractivity contribution in [1.29, 1.82) is 0 Å². The Morgan fingerprint density at radius 3 is 2.05 bits per heavy atom. The highest BCUT2D eigenvalue weighted by Gasteiger charge is 2.34. The monoisotopic (exact) mass is 333 g/mol. The zero-order valence-electron chi connectivity index (χ0n) is 14.3. The molecule has 0 aromatic carbocycles. The standard InChI is InChI=1S/C16H31N3O2.ClH/c1-4-19(5-2)15(21)12-18(3)14(20)11-16(13-17)9-7-6-8-10-16;/h4-13,17H2,1-3H3;1H. The first-order valence-corrected chi connectivity index (χ1v) is 8.20. The van der Waals surface area contributed by atoms with Gasteiger partial charge in [0.1, 0.15) is 0 Å². The summed E-state index contributed by atoms with van der Waals surface area (Å²) in [5.74, 6) is 0.0594. The number of halogens is 1. The second-order valence-electron chi connectivity index (χ2n) is 6.26. The molecule has 0 aromatic heterocycles. The summed E-state index contributed by atoms with van der Waals surface area (Å²) in [6, 6.07) is 0. The van der Waals surface area contributed by atoms with Gasteiger partial charge in [0.2, 0.25) is 11.8 Å². The molecule has 5 nitrogen and oxygen atoms in total. The Morgan fingerprint density at radius 1 is 1.05 bits per heavy atom. The predicted octanol–water partition coefficient (Wildman–Crippen LogP) is 2.03. The average molecular weight is 334 g/mol. The number of nitrogens with zero attached hydrogens (tertiary/aromatic N) is 2. The molecule has 1 aliphatic rings. The molecule has 2 N–H and O–H groups in total. The van der Waals surface area contributed by atoms with E-state index in [4.69, 9.17) is 5.73 Å². The Bertz CT molecular complexity index is 353. The Labute approximate surface area is 141 Å². The molecule has 0 aliphatic heterocycles. The molecule has 130 valence electrons. The minimum atomic E-state index is -0.0398. The lowest BCUT2D eigenvalue weighted by molar-refractivity contribution is -0.140. The van der Waals surface area contributed by atoms with Gasteiger partial charge in [-0.25, -0.2) is 0 Å².